The highest BCUT2D eigenvalue weighted by Crippen LogP contribution is 2.22. The molecular formula is C18H20N2O3. The van der Waals surface area contributed by atoms with E-state index in [1.54, 1.807) is 12.1 Å². The lowest BCUT2D eigenvalue weighted by molar-refractivity contribution is 0.0918. The summed E-state index contributed by atoms with van der Waals surface area (Å²) in [5.41, 5.74) is 3.49. The summed E-state index contributed by atoms with van der Waals surface area (Å²) < 4.78 is 10.5. The van der Waals surface area contributed by atoms with Gasteiger partial charge in [0.05, 0.1) is 6.61 Å². The highest BCUT2D eigenvalue weighted by molar-refractivity contribution is 5.91. The van der Waals surface area contributed by atoms with Crippen LogP contribution in [0, 0.1) is 6.92 Å². The topological polar surface area (TPSA) is 67.3 Å². The summed E-state index contributed by atoms with van der Waals surface area (Å²) in [6.07, 6.45) is 0.764. The number of hydrogen-bond acceptors (Lipinski definition) is 3. The van der Waals surface area contributed by atoms with Gasteiger partial charge >= 0.3 is 0 Å². The maximum absolute atomic E-state index is 12.1. The fourth-order valence-corrected chi connectivity index (χ4v) is 2.71. The van der Waals surface area contributed by atoms with E-state index in [1.807, 2.05) is 19.1 Å². The minimum Gasteiger partial charge on any atom is -0.465 e. The number of rotatable bonds is 6. The second-order valence-electron chi connectivity index (χ2n) is 5.33. The predicted octanol–water partition coefficient (Wildman–Crippen LogP) is 3.44. The van der Waals surface area contributed by atoms with Crippen LogP contribution in [0.5, 0.6) is 5.95 Å². The zero-order chi connectivity index (χ0) is 16.2. The monoisotopic (exact) mass is 312 g/mol. The molecular weight excluding hydrogens is 292 g/mol. The van der Waals surface area contributed by atoms with Crippen molar-refractivity contribution in [3.63, 3.8) is 0 Å². The van der Waals surface area contributed by atoms with E-state index in [4.69, 9.17) is 9.15 Å². The number of para-hydroxylation sites is 1. The number of hydrogen-bond donors (Lipinski definition) is 2. The van der Waals surface area contributed by atoms with Crippen LogP contribution >= 0.6 is 0 Å². The van der Waals surface area contributed by atoms with E-state index in [9.17, 15) is 4.79 Å². The molecule has 1 aromatic carbocycles. The van der Waals surface area contributed by atoms with Gasteiger partial charge in [0, 0.05) is 29.2 Å². The standard InChI is InChI=1S/C18H20N2O3/c1-3-22-17-9-8-16(23-17)18(21)19-11-10-13-12(2)20-15-7-5-4-6-14(13)15/h4-9,20H,3,10-11H2,1-2H3,(H,19,21). The van der Waals surface area contributed by atoms with Gasteiger partial charge < -0.3 is 19.5 Å². The van der Waals surface area contributed by atoms with Crippen molar-refractivity contribution >= 4 is 16.8 Å². The zero-order valence-electron chi connectivity index (χ0n) is 13.3. The van der Waals surface area contributed by atoms with Crippen LogP contribution in [0.2, 0.25) is 0 Å². The number of amides is 1. The molecule has 3 rings (SSSR count). The fourth-order valence-electron chi connectivity index (χ4n) is 2.71. The number of nitrogens with one attached hydrogen (secondary N) is 2. The van der Waals surface area contributed by atoms with Gasteiger partial charge in [-0.25, -0.2) is 0 Å². The maximum Gasteiger partial charge on any atom is 0.287 e. The number of fused-ring (bicyclic) bond motifs is 1. The van der Waals surface area contributed by atoms with Gasteiger partial charge in [0.15, 0.2) is 5.76 Å². The zero-order valence-corrected chi connectivity index (χ0v) is 13.3. The summed E-state index contributed by atoms with van der Waals surface area (Å²) >= 11 is 0. The lowest BCUT2D eigenvalue weighted by atomic mass is 10.1. The van der Waals surface area contributed by atoms with Gasteiger partial charge in [0.25, 0.3) is 11.9 Å². The number of carbonyl (C=O) groups excluding carboxylic acids is 1. The van der Waals surface area contributed by atoms with Crippen LogP contribution in [-0.4, -0.2) is 24.0 Å². The number of benzene rings is 1. The first-order chi connectivity index (χ1) is 11.2. The third-order valence-electron chi connectivity index (χ3n) is 3.78. The van der Waals surface area contributed by atoms with Gasteiger partial charge in [-0.3, -0.25) is 4.79 Å². The van der Waals surface area contributed by atoms with Crippen LogP contribution in [0.3, 0.4) is 0 Å². The molecule has 2 N–H and O–H groups in total. The van der Waals surface area contributed by atoms with Crippen molar-refractivity contribution in [2.75, 3.05) is 13.2 Å². The lowest BCUT2D eigenvalue weighted by Gasteiger charge is -2.04. The average molecular weight is 312 g/mol. The molecule has 0 saturated heterocycles. The Balaban J connectivity index is 1.62. The van der Waals surface area contributed by atoms with E-state index in [-0.39, 0.29) is 11.7 Å². The summed E-state index contributed by atoms with van der Waals surface area (Å²) in [4.78, 5) is 15.4. The van der Waals surface area contributed by atoms with Gasteiger partial charge in [0.2, 0.25) is 0 Å². The second-order valence-corrected chi connectivity index (χ2v) is 5.33. The molecule has 0 spiro atoms. The van der Waals surface area contributed by atoms with Crippen molar-refractivity contribution < 1.29 is 13.9 Å². The van der Waals surface area contributed by atoms with Gasteiger partial charge in [-0.2, -0.15) is 0 Å². The molecule has 1 amide bonds. The molecule has 0 aliphatic rings. The quantitative estimate of drug-likeness (QED) is 0.732. The number of ether oxygens (including phenoxy) is 1. The van der Waals surface area contributed by atoms with Gasteiger partial charge in [-0.1, -0.05) is 18.2 Å². The van der Waals surface area contributed by atoms with Crippen molar-refractivity contribution in [2.24, 2.45) is 0 Å². The molecule has 23 heavy (non-hydrogen) atoms. The number of aromatic nitrogens is 1. The molecule has 0 atom stereocenters. The first kappa shape index (κ1) is 15.2. The Bertz CT molecular complexity index is 817. The number of H-pyrrole nitrogens is 1. The highest BCUT2D eigenvalue weighted by Gasteiger charge is 2.12. The molecule has 0 aliphatic carbocycles. The van der Waals surface area contributed by atoms with Crippen LogP contribution < -0.4 is 10.1 Å². The van der Waals surface area contributed by atoms with Crippen LogP contribution in [-0.2, 0) is 6.42 Å². The number of furan rings is 1. The molecule has 0 unspecified atom stereocenters. The third kappa shape index (κ3) is 3.23. The normalized spacial score (nSPS) is 10.9. The van der Waals surface area contributed by atoms with E-state index in [0.717, 1.165) is 17.6 Å². The Morgan fingerprint density at radius 3 is 2.91 bits per heavy atom. The number of aryl methyl sites for hydroxylation is 1. The first-order valence-electron chi connectivity index (χ1n) is 7.76. The number of aromatic amines is 1. The summed E-state index contributed by atoms with van der Waals surface area (Å²) in [5.74, 6) is 0.405. The minimum atomic E-state index is -0.228. The molecule has 0 saturated carbocycles. The van der Waals surface area contributed by atoms with Crippen molar-refractivity contribution in [2.45, 2.75) is 20.3 Å². The van der Waals surface area contributed by atoms with E-state index in [2.05, 4.69) is 29.4 Å². The molecule has 0 aliphatic heterocycles. The van der Waals surface area contributed by atoms with Crippen molar-refractivity contribution in [3.05, 3.63) is 53.4 Å². The summed E-state index contributed by atoms with van der Waals surface area (Å²) in [6.45, 7) is 4.98. The smallest absolute Gasteiger partial charge is 0.287 e. The molecule has 120 valence electrons. The number of carbonyl (C=O) groups is 1. The van der Waals surface area contributed by atoms with E-state index >= 15 is 0 Å². The average Bonchev–Trinajstić information content (AvgIpc) is 3.13. The van der Waals surface area contributed by atoms with Gasteiger partial charge in [-0.05, 0) is 38.0 Å². The van der Waals surface area contributed by atoms with Crippen molar-refractivity contribution in [3.8, 4) is 5.95 Å². The van der Waals surface area contributed by atoms with Crippen LogP contribution in [0.15, 0.2) is 40.8 Å². The van der Waals surface area contributed by atoms with Crippen LogP contribution in [0.1, 0.15) is 28.7 Å². The van der Waals surface area contributed by atoms with Crippen LogP contribution in [0.25, 0.3) is 10.9 Å². The van der Waals surface area contributed by atoms with E-state index in [1.165, 1.54) is 10.9 Å². The Morgan fingerprint density at radius 2 is 2.09 bits per heavy atom. The molecule has 0 radical (unpaired) electrons. The van der Waals surface area contributed by atoms with Crippen LogP contribution in [0.4, 0.5) is 0 Å². The molecule has 2 heterocycles. The molecule has 0 bridgehead atoms. The largest absolute Gasteiger partial charge is 0.465 e. The third-order valence-corrected chi connectivity index (χ3v) is 3.78. The van der Waals surface area contributed by atoms with Crippen molar-refractivity contribution in [1.82, 2.24) is 10.3 Å². The SMILES string of the molecule is CCOc1ccc(C(=O)NCCc2c(C)[nH]c3ccccc23)o1. The van der Waals surface area contributed by atoms with Crippen molar-refractivity contribution in [1.29, 1.82) is 0 Å². The second kappa shape index (κ2) is 6.60. The molecule has 3 aromatic rings. The van der Waals surface area contributed by atoms with E-state index in [0.29, 0.717) is 19.1 Å². The first-order valence-corrected chi connectivity index (χ1v) is 7.76. The summed E-state index contributed by atoms with van der Waals surface area (Å²) in [5, 5.41) is 4.09. The predicted molar refractivity (Wildman–Crippen MR) is 88.9 cm³/mol. The van der Waals surface area contributed by atoms with E-state index < -0.39 is 0 Å². The molecule has 5 heteroatoms. The molecule has 2 aromatic heterocycles. The maximum atomic E-state index is 12.1. The Hall–Kier alpha value is -2.69. The lowest BCUT2D eigenvalue weighted by Crippen LogP contribution is -2.25. The van der Waals surface area contributed by atoms with Gasteiger partial charge in [0.1, 0.15) is 0 Å². The summed E-state index contributed by atoms with van der Waals surface area (Å²) in [7, 11) is 0. The molecule has 5 nitrogen and oxygen atoms in total. The Labute approximate surface area is 134 Å². The highest BCUT2D eigenvalue weighted by atomic mass is 16.6. The fraction of sp³-hybridized carbons (Fsp3) is 0.278. The Kier molecular flexibility index (Phi) is 4.37. The minimum absolute atomic E-state index is 0.228. The van der Waals surface area contributed by atoms with Gasteiger partial charge in [-0.15, -0.1) is 0 Å². The Morgan fingerprint density at radius 1 is 1.26 bits per heavy atom. The molecule has 0 fully saturated rings. The summed E-state index contributed by atoms with van der Waals surface area (Å²) in [6, 6.07) is 11.5.